The molecule has 0 radical (unpaired) electrons. The molecule has 0 amide bonds. The Kier molecular flexibility index (Phi) is 4.84. The predicted molar refractivity (Wildman–Crippen MR) is 71.3 cm³/mol. The summed E-state index contributed by atoms with van der Waals surface area (Å²) in [5, 5.41) is 11.3. The molecule has 2 rings (SSSR count). The van der Waals surface area contributed by atoms with Gasteiger partial charge in [-0.05, 0) is 25.5 Å². The molecule has 20 heavy (non-hydrogen) atoms. The van der Waals surface area contributed by atoms with Crippen LogP contribution in [0.4, 0.5) is 8.78 Å². The first-order valence-corrected chi connectivity index (χ1v) is 6.67. The third-order valence-corrected chi connectivity index (χ3v) is 3.24. The second-order valence-corrected chi connectivity index (χ2v) is 4.69. The van der Waals surface area contributed by atoms with Crippen molar-refractivity contribution in [3.63, 3.8) is 0 Å². The van der Waals surface area contributed by atoms with Crippen LogP contribution in [0.5, 0.6) is 0 Å². The summed E-state index contributed by atoms with van der Waals surface area (Å²) in [7, 11) is 0. The summed E-state index contributed by atoms with van der Waals surface area (Å²) in [6.07, 6.45) is 4.06. The zero-order valence-electron chi connectivity index (χ0n) is 11.6. The number of hydrogen-bond donors (Lipinski definition) is 1. The van der Waals surface area contributed by atoms with E-state index in [1.165, 1.54) is 6.20 Å². The van der Waals surface area contributed by atoms with Gasteiger partial charge in [0.15, 0.2) is 0 Å². The largest absolute Gasteiger partial charge is 0.333 e. The highest BCUT2D eigenvalue weighted by Crippen LogP contribution is 2.12. The lowest BCUT2D eigenvalue weighted by Gasteiger charge is -2.13. The fourth-order valence-electron chi connectivity index (χ4n) is 1.95. The molecule has 110 valence electrons. The van der Waals surface area contributed by atoms with Crippen molar-refractivity contribution in [1.29, 1.82) is 0 Å². The number of nitrogens with one attached hydrogen (secondary N) is 1. The fourth-order valence-corrected chi connectivity index (χ4v) is 1.95. The average Bonchev–Trinajstić information content (AvgIpc) is 3.07. The molecular weight excluding hydrogens is 264 g/mol. The van der Waals surface area contributed by atoms with Crippen molar-refractivity contribution in [3.05, 3.63) is 35.9 Å². The molecule has 0 aliphatic carbocycles. The lowest BCUT2D eigenvalue weighted by molar-refractivity contribution is 0.0561. The zero-order chi connectivity index (χ0) is 14.5. The van der Waals surface area contributed by atoms with Crippen LogP contribution < -0.4 is 5.32 Å². The molecule has 0 spiro atoms. The molecule has 7 heteroatoms. The van der Waals surface area contributed by atoms with E-state index in [1.54, 1.807) is 12.3 Å². The van der Waals surface area contributed by atoms with E-state index in [0.29, 0.717) is 29.5 Å². The second kappa shape index (κ2) is 6.60. The summed E-state index contributed by atoms with van der Waals surface area (Å²) >= 11 is 0. The first-order valence-electron chi connectivity index (χ1n) is 6.67. The lowest BCUT2D eigenvalue weighted by Crippen LogP contribution is -2.18. The van der Waals surface area contributed by atoms with E-state index < -0.39 is 6.55 Å². The predicted octanol–water partition coefficient (Wildman–Crippen LogP) is 2.74. The van der Waals surface area contributed by atoms with Crippen molar-refractivity contribution in [1.82, 2.24) is 24.9 Å². The van der Waals surface area contributed by atoms with Crippen LogP contribution in [-0.2, 0) is 13.1 Å². The van der Waals surface area contributed by atoms with Gasteiger partial charge in [0.1, 0.15) is 0 Å². The van der Waals surface area contributed by atoms with Gasteiger partial charge in [0.2, 0.25) is 0 Å². The molecule has 1 N–H and O–H groups in total. The summed E-state index contributed by atoms with van der Waals surface area (Å²) in [6.45, 7) is 2.72. The summed E-state index contributed by atoms with van der Waals surface area (Å²) in [4.78, 5) is 0. The van der Waals surface area contributed by atoms with E-state index in [9.17, 15) is 8.78 Å². The Morgan fingerprint density at radius 3 is 2.75 bits per heavy atom. The molecule has 0 saturated heterocycles. The minimum absolute atomic E-state index is 0.347. The summed E-state index contributed by atoms with van der Waals surface area (Å²) < 4.78 is 27.4. The number of aromatic nitrogens is 4. The number of rotatable bonds is 7. The molecule has 0 unspecified atom stereocenters. The van der Waals surface area contributed by atoms with Crippen LogP contribution in [0.25, 0.3) is 0 Å². The first kappa shape index (κ1) is 14.6. The zero-order valence-corrected chi connectivity index (χ0v) is 11.6. The number of hydrogen-bond acceptors (Lipinski definition) is 3. The third kappa shape index (κ3) is 3.41. The minimum Gasteiger partial charge on any atom is -0.305 e. The quantitative estimate of drug-likeness (QED) is 0.850. The molecule has 2 aromatic rings. The van der Waals surface area contributed by atoms with E-state index >= 15 is 0 Å². The number of nitrogens with zero attached hydrogens (tertiary/aromatic N) is 4. The Labute approximate surface area is 116 Å². The van der Waals surface area contributed by atoms with Crippen LogP contribution in [0, 0.1) is 0 Å². The van der Waals surface area contributed by atoms with Gasteiger partial charge in [-0.1, -0.05) is 6.92 Å². The van der Waals surface area contributed by atoms with E-state index in [4.69, 9.17) is 0 Å². The molecule has 2 heterocycles. The fraction of sp³-hybridized carbons (Fsp3) is 0.538. The first-order chi connectivity index (χ1) is 9.61. The molecule has 5 nitrogen and oxygen atoms in total. The average molecular weight is 283 g/mol. The van der Waals surface area contributed by atoms with Crippen molar-refractivity contribution in [2.45, 2.75) is 45.9 Å². The van der Waals surface area contributed by atoms with E-state index in [2.05, 4.69) is 29.4 Å². The lowest BCUT2D eigenvalue weighted by atomic mass is 10.2. The number of alkyl halides is 2. The Bertz CT molecular complexity index is 534. The van der Waals surface area contributed by atoms with Crippen LogP contribution in [0.2, 0.25) is 0 Å². The smallest absolute Gasteiger partial charge is 0.305 e. The Morgan fingerprint density at radius 1 is 1.30 bits per heavy atom. The van der Waals surface area contributed by atoms with Crippen molar-refractivity contribution in [3.8, 4) is 0 Å². The van der Waals surface area contributed by atoms with Gasteiger partial charge in [-0.25, -0.2) is 4.68 Å². The van der Waals surface area contributed by atoms with E-state index in [-0.39, 0.29) is 0 Å². The maximum absolute atomic E-state index is 12.4. The molecule has 0 fully saturated rings. The van der Waals surface area contributed by atoms with Crippen LogP contribution in [0.15, 0.2) is 24.5 Å². The molecule has 0 aliphatic heterocycles. The third-order valence-electron chi connectivity index (χ3n) is 3.24. The van der Waals surface area contributed by atoms with E-state index in [1.807, 2.05) is 10.7 Å². The molecular formula is C13H19F2N5. The van der Waals surface area contributed by atoms with Gasteiger partial charge >= 0.3 is 6.55 Å². The standard InChI is InChI=1S/C13H19F2N5/c1-3-10(2)20-12(4-6-17-20)9-16-8-11-5-7-19(18-11)13(14)15/h4-7,10,13,16H,3,8-9H2,1-2H3/t10-/m1/s1. The SMILES string of the molecule is CC[C@@H](C)n1nccc1CNCc1ccn(C(F)F)n1. The second-order valence-electron chi connectivity index (χ2n) is 4.69. The topological polar surface area (TPSA) is 47.7 Å². The van der Waals surface area contributed by atoms with Crippen molar-refractivity contribution < 1.29 is 8.78 Å². The molecule has 0 saturated carbocycles. The normalized spacial score (nSPS) is 13.1. The van der Waals surface area contributed by atoms with Crippen molar-refractivity contribution in [2.75, 3.05) is 0 Å². The summed E-state index contributed by atoms with van der Waals surface area (Å²) in [5.74, 6) is 0. The van der Waals surface area contributed by atoms with Gasteiger partial charge in [-0.15, -0.1) is 0 Å². The number of halogens is 2. The van der Waals surface area contributed by atoms with Gasteiger partial charge in [0, 0.05) is 31.5 Å². The summed E-state index contributed by atoms with van der Waals surface area (Å²) in [5.41, 5.74) is 1.67. The Morgan fingerprint density at radius 2 is 2.10 bits per heavy atom. The molecule has 2 aromatic heterocycles. The van der Waals surface area contributed by atoms with E-state index in [0.717, 1.165) is 12.1 Å². The molecule has 0 bridgehead atoms. The van der Waals surface area contributed by atoms with Crippen LogP contribution >= 0.6 is 0 Å². The molecule has 0 aromatic carbocycles. The van der Waals surface area contributed by atoms with Crippen molar-refractivity contribution >= 4 is 0 Å². The highest BCUT2D eigenvalue weighted by molar-refractivity contribution is 5.03. The minimum atomic E-state index is -2.59. The molecule has 1 atom stereocenters. The maximum atomic E-state index is 12.4. The van der Waals surface area contributed by atoms with Crippen LogP contribution in [0.3, 0.4) is 0 Å². The maximum Gasteiger partial charge on any atom is 0.333 e. The van der Waals surface area contributed by atoms with Crippen LogP contribution in [0.1, 0.15) is 44.2 Å². The highest BCUT2D eigenvalue weighted by Gasteiger charge is 2.09. The monoisotopic (exact) mass is 283 g/mol. The van der Waals surface area contributed by atoms with Crippen molar-refractivity contribution in [2.24, 2.45) is 0 Å². The van der Waals surface area contributed by atoms with Crippen LogP contribution in [-0.4, -0.2) is 19.6 Å². The summed E-state index contributed by atoms with van der Waals surface area (Å²) in [6, 6.07) is 3.89. The van der Waals surface area contributed by atoms with Gasteiger partial charge in [-0.2, -0.15) is 19.0 Å². The van der Waals surface area contributed by atoms with Gasteiger partial charge in [-0.3, -0.25) is 4.68 Å². The highest BCUT2D eigenvalue weighted by atomic mass is 19.3. The Hall–Kier alpha value is -1.76. The Balaban J connectivity index is 1.88. The molecule has 0 aliphatic rings. The van der Waals surface area contributed by atoms with Gasteiger partial charge in [0.25, 0.3) is 0 Å². The van der Waals surface area contributed by atoms with Gasteiger partial charge < -0.3 is 5.32 Å². The van der Waals surface area contributed by atoms with Gasteiger partial charge in [0.05, 0.1) is 11.4 Å².